The van der Waals surface area contributed by atoms with Crippen LogP contribution in [0.25, 0.3) is 0 Å². The van der Waals surface area contributed by atoms with E-state index in [0.717, 1.165) is 18.7 Å². The summed E-state index contributed by atoms with van der Waals surface area (Å²) in [5.74, 6) is 1.89. The Morgan fingerprint density at radius 3 is 3.06 bits per heavy atom. The predicted octanol–water partition coefficient (Wildman–Crippen LogP) is 1.09. The molecule has 0 saturated heterocycles. The molecule has 16 heavy (non-hydrogen) atoms. The highest BCUT2D eigenvalue weighted by molar-refractivity contribution is 5.35. The molecular weight excluding hydrogens is 206 g/mol. The lowest BCUT2D eigenvalue weighted by molar-refractivity contribution is 0.190. The number of ether oxygens (including phenoxy) is 1. The van der Waals surface area contributed by atoms with E-state index < -0.39 is 0 Å². The number of aromatic nitrogens is 2. The van der Waals surface area contributed by atoms with E-state index in [0.29, 0.717) is 18.3 Å². The highest BCUT2D eigenvalue weighted by Gasteiger charge is 2.26. The van der Waals surface area contributed by atoms with Gasteiger partial charge in [-0.1, -0.05) is 0 Å². The topological polar surface area (TPSA) is 67.0 Å². The van der Waals surface area contributed by atoms with Crippen molar-refractivity contribution in [3.8, 4) is 0 Å². The van der Waals surface area contributed by atoms with E-state index in [9.17, 15) is 4.79 Å². The first kappa shape index (κ1) is 11.1. The fraction of sp³-hybridized carbons (Fsp3) is 0.636. The van der Waals surface area contributed by atoms with Gasteiger partial charge in [-0.3, -0.25) is 4.79 Å². The van der Waals surface area contributed by atoms with E-state index in [-0.39, 0.29) is 11.6 Å². The Labute approximate surface area is 94.2 Å². The van der Waals surface area contributed by atoms with Gasteiger partial charge in [0.1, 0.15) is 11.6 Å². The Kier molecular flexibility index (Phi) is 3.24. The summed E-state index contributed by atoms with van der Waals surface area (Å²) in [5.41, 5.74) is -0.0935. The van der Waals surface area contributed by atoms with Gasteiger partial charge < -0.3 is 15.0 Å². The largest absolute Gasteiger partial charge is 0.383 e. The van der Waals surface area contributed by atoms with Crippen LogP contribution < -0.4 is 10.9 Å². The Morgan fingerprint density at radius 1 is 1.69 bits per heavy atom. The van der Waals surface area contributed by atoms with Crippen LogP contribution in [0.2, 0.25) is 0 Å². The number of aromatic amines is 1. The molecule has 0 aliphatic heterocycles. The van der Waals surface area contributed by atoms with E-state index in [1.54, 1.807) is 7.11 Å². The van der Waals surface area contributed by atoms with Gasteiger partial charge >= 0.3 is 0 Å². The van der Waals surface area contributed by atoms with Crippen LogP contribution in [0.4, 0.5) is 5.82 Å². The zero-order chi connectivity index (χ0) is 11.5. The van der Waals surface area contributed by atoms with Crippen molar-refractivity contribution >= 4 is 5.82 Å². The summed E-state index contributed by atoms with van der Waals surface area (Å²) in [7, 11) is 1.65. The summed E-state index contributed by atoms with van der Waals surface area (Å²) >= 11 is 0. The predicted molar refractivity (Wildman–Crippen MR) is 61.8 cm³/mol. The lowest BCUT2D eigenvalue weighted by Gasteiger charge is -2.13. The second-order valence-electron chi connectivity index (χ2n) is 4.29. The molecule has 1 aromatic rings. The van der Waals surface area contributed by atoms with Gasteiger partial charge in [-0.25, -0.2) is 4.98 Å². The minimum Gasteiger partial charge on any atom is -0.383 e. The highest BCUT2D eigenvalue weighted by atomic mass is 16.5. The van der Waals surface area contributed by atoms with Crippen molar-refractivity contribution in [2.24, 2.45) is 0 Å². The third kappa shape index (κ3) is 2.82. The van der Waals surface area contributed by atoms with Crippen LogP contribution >= 0.6 is 0 Å². The molecule has 2 N–H and O–H groups in total. The molecule has 0 radical (unpaired) electrons. The van der Waals surface area contributed by atoms with Crippen molar-refractivity contribution in [3.63, 3.8) is 0 Å². The summed E-state index contributed by atoms with van der Waals surface area (Å²) in [6.45, 7) is 2.58. The molecule has 1 saturated carbocycles. The summed E-state index contributed by atoms with van der Waals surface area (Å²) < 4.78 is 5.02. The van der Waals surface area contributed by atoms with E-state index in [1.807, 2.05) is 6.92 Å². The first-order valence-electron chi connectivity index (χ1n) is 5.56. The molecule has 1 unspecified atom stereocenters. The number of methoxy groups -OCH3 is 1. The molecule has 1 aromatic heterocycles. The molecule has 5 nitrogen and oxygen atoms in total. The van der Waals surface area contributed by atoms with Crippen LogP contribution in [0.1, 0.15) is 31.5 Å². The molecule has 1 fully saturated rings. The number of nitrogens with one attached hydrogen (secondary N) is 2. The third-order valence-electron chi connectivity index (χ3n) is 2.53. The van der Waals surface area contributed by atoms with Crippen molar-refractivity contribution in [3.05, 3.63) is 22.2 Å². The van der Waals surface area contributed by atoms with E-state index >= 15 is 0 Å². The monoisotopic (exact) mass is 223 g/mol. The molecule has 1 aliphatic carbocycles. The number of hydrogen-bond donors (Lipinski definition) is 2. The maximum absolute atomic E-state index is 11.4. The van der Waals surface area contributed by atoms with Gasteiger partial charge in [0.15, 0.2) is 0 Å². The van der Waals surface area contributed by atoms with Gasteiger partial charge in [0.05, 0.1) is 6.61 Å². The lowest BCUT2D eigenvalue weighted by atomic mass is 10.3. The third-order valence-corrected chi connectivity index (χ3v) is 2.53. The molecule has 1 heterocycles. The van der Waals surface area contributed by atoms with Crippen LogP contribution in [0.5, 0.6) is 0 Å². The second-order valence-corrected chi connectivity index (χ2v) is 4.29. The van der Waals surface area contributed by atoms with Crippen molar-refractivity contribution in [2.45, 2.75) is 31.7 Å². The summed E-state index contributed by atoms with van der Waals surface area (Å²) in [5, 5.41) is 3.15. The van der Waals surface area contributed by atoms with Gasteiger partial charge in [0.2, 0.25) is 0 Å². The number of hydrogen-bond acceptors (Lipinski definition) is 4. The normalized spacial score (nSPS) is 17.1. The van der Waals surface area contributed by atoms with E-state index in [2.05, 4.69) is 15.3 Å². The minimum atomic E-state index is -0.0935. The van der Waals surface area contributed by atoms with Crippen molar-refractivity contribution in [1.29, 1.82) is 0 Å². The molecule has 1 aliphatic rings. The second kappa shape index (κ2) is 4.65. The van der Waals surface area contributed by atoms with E-state index in [1.165, 1.54) is 6.07 Å². The maximum Gasteiger partial charge on any atom is 0.252 e. The number of nitrogens with zero attached hydrogens (tertiary/aromatic N) is 1. The molecular formula is C11H17N3O2. The van der Waals surface area contributed by atoms with Crippen molar-refractivity contribution < 1.29 is 4.74 Å². The SMILES string of the molecule is COCC(C)Nc1cc(=O)[nH]c(C2CC2)n1. The van der Waals surface area contributed by atoms with Gasteiger partial charge in [0.25, 0.3) is 5.56 Å². The molecule has 2 rings (SSSR count). The summed E-state index contributed by atoms with van der Waals surface area (Å²) in [6, 6.07) is 1.63. The Morgan fingerprint density at radius 2 is 2.44 bits per heavy atom. The van der Waals surface area contributed by atoms with Crippen LogP contribution in [-0.4, -0.2) is 29.7 Å². The van der Waals surface area contributed by atoms with Gasteiger partial charge in [0, 0.05) is 25.1 Å². The molecule has 0 amide bonds. The van der Waals surface area contributed by atoms with Crippen LogP contribution in [0.15, 0.2) is 10.9 Å². The van der Waals surface area contributed by atoms with Crippen LogP contribution in [-0.2, 0) is 4.74 Å². The fourth-order valence-corrected chi connectivity index (χ4v) is 1.64. The number of H-pyrrole nitrogens is 1. The van der Waals surface area contributed by atoms with Crippen LogP contribution in [0.3, 0.4) is 0 Å². The molecule has 0 bridgehead atoms. The zero-order valence-corrected chi connectivity index (χ0v) is 9.62. The van der Waals surface area contributed by atoms with E-state index in [4.69, 9.17) is 4.74 Å². The Bertz CT molecular complexity index is 412. The standard InChI is InChI=1S/C11H17N3O2/c1-7(6-16-2)12-9-5-10(15)14-11(13-9)8-3-4-8/h5,7-8H,3-4,6H2,1-2H3,(H2,12,13,14,15). The lowest BCUT2D eigenvalue weighted by Crippen LogP contribution is -2.23. The molecule has 0 spiro atoms. The van der Waals surface area contributed by atoms with Crippen molar-refractivity contribution in [2.75, 3.05) is 19.0 Å². The summed E-state index contributed by atoms with van der Waals surface area (Å²) in [6.07, 6.45) is 2.25. The first-order valence-corrected chi connectivity index (χ1v) is 5.56. The minimum absolute atomic E-state index is 0.0935. The molecule has 1 atom stereocenters. The van der Waals surface area contributed by atoms with Crippen LogP contribution in [0, 0.1) is 0 Å². The zero-order valence-electron chi connectivity index (χ0n) is 9.62. The van der Waals surface area contributed by atoms with Crippen molar-refractivity contribution in [1.82, 2.24) is 9.97 Å². The molecule has 88 valence electrons. The Hall–Kier alpha value is -1.36. The quantitative estimate of drug-likeness (QED) is 0.784. The molecule has 5 heteroatoms. The first-order chi connectivity index (χ1) is 7.69. The summed E-state index contributed by atoms with van der Waals surface area (Å²) in [4.78, 5) is 18.6. The number of rotatable bonds is 5. The van der Waals surface area contributed by atoms with Gasteiger partial charge in [-0.2, -0.15) is 0 Å². The smallest absolute Gasteiger partial charge is 0.252 e. The Balaban J connectivity index is 2.10. The number of anilines is 1. The van der Waals surface area contributed by atoms with Gasteiger partial charge in [-0.15, -0.1) is 0 Å². The highest BCUT2D eigenvalue weighted by Crippen LogP contribution is 2.37. The average Bonchev–Trinajstić information content (AvgIpc) is 2.99. The molecule has 0 aromatic carbocycles. The fourth-order valence-electron chi connectivity index (χ4n) is 1.64. The maximum atomic E-state index is 11.4. The average molecular weight is 223 g/mol. The van der Waals surface area contributed by atoms with Gasteiger partial charge in [-0.05, 0) is 19.8 Å².